The molecular formula is C27H34F3N5O4. The number of hydrogen-bond acceptors (Lipinski definition) is 6. The Balaban J connectivity index is 1.32. The number of rotatable bonds is 7. The topological polar surface area (TPSA) is 99.9 Å². The third kappa shape index (κ3) is 5.91. The number of nitrogens with zero attached hydrogens (tertiary/aromatic N) is 4. The normalized spacial score (nSPS) is 22.8. The van der Waals surface area contributed by atoms with Crippen molar-refractivity contribution in [2.45, 2.75) is 76.4 Å². The fraction of sp³-hybridized carbons (Fsp3) is 0.593. The summed E-state index contributed by atoms with van der Waals surface area (Å²) in [6, 6.07) is 5.64. The van der Waals surface area contributed by atoms with Crippen LogP contribution in [-0.2, 0) is 4.79 Å². The van der Waals surface area contributed by atoms with Crippen LogP contribution in [0.3, 0.4) is 0 Å². The van der Waals surface area contributed by atoms with Crippen molar-refractivity contribution in [1.82, 2.24) is 24.9 Å². The molecule has 2 atom stereocenters. The third-order valence-corrected chi connectivity index (χ3v) is 7.95. The summed E-state index contributed by atoms with van der Waals surface area (Å²) >= 11 is 0. The Bertz CT molecular complexity index is 1220. The lowest BCUT2D eigenvalue weighted by Gasteiger charge is -2.39. The quantitative estimate of drug-likeness (QED) is 0.551. The summed E-state index contributed by atoms with van der Waals surface area (Å²) in [6.07, 6.45) is -0.751. The smallest absolute Gasteiger partial charge is 0.406 e. The van der Waals surface area contributed by atoms with E-state index in [0.717, 1.165) is 44.3 Å². The van der Waals surface area contributed by atoms with Crippen molar-refractivity contribution in [3.05, 3.63) is 41.2 Å². The van der Waals surface area contributed by atoms with Crippen molar-refractivity contribution in [2.24, 2.45) is 0 Å². The number of nitrogens with one attached hydrogen (secondary N) is 1. The van der Waals surface area contributed by atoms with Gasteiger partial charge in [-0.3, -0.25) is 14.5 Å². The van der Waals surface area contributed by atoms with Gasteiger partial charge in [0.1, 0.15) is 5.75 Å². The molecule has 1 aromatic heterocycles. The van der Waals surface area contributed by atoms with Gasteiger partial charge in [-0.2, -0.15) is 5.10 Å². The lowest BCUT2D eigenvalue weighted by Crippen LogP contribution is -2.53. The Labute approximate surface area is 224 Å². The summed E-state index contributed by atoms with van der Waals surface area (Å²) in [5.74, 6) is -0.440. The van der Waals surface area contributed by atoms with E-state index in [0.29, 0.717) is 30.0 Å². The maximum atomic E-state index is 13.8. The summed E-state index contributed by atoms with van der Waals surface area (Å²) in [5.41, 5.74) is 2.22. The molecule has 0 spiro atoms. The molecule has 1 saturated carbocycles. The molecule has 0 bridgehead atoms. The number of aryl methyl sites for hydroxylation is 1. The first-order valence-corrected chi connectivity index (χ1v) is 13.4. The lowest BCUT2D eigenvalue weighted by atomic mass is 10.00. The van der Waals surface area contributed by atoms with Gasteiger partial charge in [0.15, 0.2) is 0 Å². The zero-order valence-electron chi connectivity index (χ0n) is 22.1. The second-order valence-corrected chi connectivity index (χ2v) is 10.7. The van der Waals surface area contributed by atoms with E-state index in [2.05, 4.69) is 20.1 Å². The Morgan fingerprint density at radius 2 is 1.85 bits per heavy atom. The highest BCUT2D eigenvalue weighted by Gasteiger charge is 2.41. The van der Waals surface area contributed by atoms with Crippen LogP contribution in [-0.4, -0.2) is 87.2 Å². The predicted molar refractivity (Wildman–Crippen MR) is 136 cm³/mol. The van der Waals surface area contributed by atoms with E-state index in [9.17, 15) is 27.9 Å². The number of piperidine rings is 1. The van der Waals surface area contributed by atoms with E-state index in [-0.39, 0.29) is 48.2 Å². The molecule has 39 heavy (non-hydrogen) atoms. The Hall–Kier alpha value is -3.12. The number of amides is 2. The van der Waals surface area contributed by atoms with Gasteiger partial charge in [-0.25, -0.2) is 4.68 Å². The van der Waals surface area contributed by atoms with Crippen LogP contribution in [0.2, 0.25) is 0 Å². The summed E-state index contributed by atoms with van der Waals surface area (Å²) in [4.78, 5) is 29.4. The first kappa shape index (κ1) is 27.4. The lowest BCUT2D eigenvalue weighted by molar-refractivity contribution is -0.274. The van der Waals surface area contributed by atoms with Gasteiger partial charge in [-0.15, -0.1) is 13.2 Å². The van der Waals surface area contributed by atoms with Gasteiger partial charge >= 0.3 is 6.36 Å². The number of aromatic nitrogens is 2. The van der Waals surface area contributed by atoms with Crippen LogP contribution in [0.25, 0.3) is 5.69 Å². The molecule has 2 N–H and O–H groups in total. The Morgan fingerprint density at radius 3 is 2.46 bits per heavy atom. The average Bonchev–Trinajstić information content (AvgIpc) is 3.55. The molecule has 1 aromatic carbocycles. The van der Waals surface area contributed by atoms with Crippen LogP contribution in [0, 0.1) is 6.92 Å². The van der Waals surface area contributed by atoms with Crippen molar-refractivity contribution in [3.8, 4) is 11.4 Å². The van der Waals surface area contributed by atoms with Crippen LogP contribution >= 0.6 is 0 Å². The molecule has 2 amide bonds. The van der Waals surface area contributed by atoms with Gasteiger partial charge in [0.2, 0.25) is 5.91 Å². The van der Waals surface area contributed by atoms with E-state index in [4.69, 9.17) is 0 Å². The van der Waals surface area contributed by atoms with Gasteiger partial charge in [-0.1, -0.05) is 6.07 Å². The van der Waals surface area contributed by atoms with Crippen LogP contribution in [0.4, 0.5) is 13.2 Å². The fourth-order valence-corrected chi connectivity index (χ4v) is 6.10. The summed E-state index contributed by atoms with van der Waals surface area (Å²) in [6.45, 7) is 5.08. The number of hydrogen-bond donors (Lipinski definition) is 2. The number of likely N-dealkylation sites (tertiary alicyclic amines) is 2. The first-order chi connectivity index (χ1) is 18.6. The van der Waals surface area contributed by atoms with E-state index >= 15 is 0 Å². The fourth-order valence-electron chi connectivity index (χ4n) is 6.10. The molecule has 5 rings (SSSR count). The molecule has 2 aromatic rings. The predicted octanol–water partition coefficient (Wildman–Crippen LogP) is 3.13. The molecule has 3 fully saturated rings. The third-order valence-electron chi connectivity index (χ3n) is 7.95. The monoisotopic (exact) mass is 549 g/mol. The minimum absolute atomic E-state index is 0.0393. The maximum absolute atomic E-state index is 13.8. The molecular weight excluding hydrogens is 515 g/mol. The highest BCUT2D eigenvalue weighted by Crippen LogP contribution is 2.44. The number of carbonyl (C=O) groups excluding carboxylic acids is 2. The zero-order chi connectivity index (χ0) is 27.9. The number of aliphatic hydroxyl groups excluding tert-OH is 1. The minimum atomic E-state index is -4.80. The summed E-state index contributed by atoms with van der Waals surface area (Å²) < 4.78 is 44.0. The number of aliphatic hydroxyl groups is 1. The number of benzene rings is 1. The number of ether oxygens (including phenoxy) is 1. The molecule has 9 nitrogen and oxygen atoms in total. The highest BCUT2D eigenvalue weighted by atomic mass is 19.4. The van der Waals surface area contributed by atoms with Crippen LogP contribution < -0.4 is 10.1 Å². The second-order valence-electron chi connectivity index (χ2n) is 10.7. The zero-order valence-corrected chi connectivity index (χ0v) is 22.1. The van der Waals surface area contributed by atoms with Crippen LogP contribution in [0.5, 0.6) is 5.75 Å². The number of alkyl halides is 3. The minimum Gasteiger partial charge on any atom is -0.406 e. The van der Waals surface area contributed by atoms with E-state index < -0.39 is 6.36 Å². The molecule has 212 valence electrons. The molecule has 2 saturated heterocycles. The molecule has 3 heterocycles. The molecule has 2 aliphatic heterocycles. The summed E-state index contributed by atoms with van der Waals surface area (Å²) in [7, 11) is 0. The molecule has 0 radical (unpaired) electrons. The Kier molecular flexibility index (Phi) is 7.60. The van der Waals surface area contributed by atoms with Crippen molar-refractivity contribution in [1.29, 1.82) is 0 Å². The van der Waals surface area contributed by atoms with Crippen molar-refractivity contribution in [3.63, 3.8) is 0 Å². The molecule has 1 aliphatic carbocycles. The molecule has 0 unspecified atom stereocenters. The van der Waals surface area contributed by atoms with Crippen molar-refractivity contribution in [2.75, 3.05) is 26.2 Å². The Morgan fingerprint density at radius 1 is 1.13 bits per heavy atom. The average molecular weight is 550 g/mol. The van der Waals surface area contributed by atoms with E-state index in [1.54, 1.807) is 17.7 Å². The molecule has 12 heteroatoms. The second kappa shape index (κ2) is 10.8. The van der Waals surface area contributed by atoms with Gasteiger partial charge < -0.3 is 20.1 Å². The van der Waals surface area contributed by atoms with Crippen LogP contribution in [0.15, 0.2) is 24.3 Å². The van der Waals surface area contributed by atoms with E-state index in [1.807, 2.05) is 4.90 Å². The largest absolute Gasteiger partial charge is 0.573 e. The van der Waals surface area contributed by atoms with Gasteiger partial charge in [-0.05, 0) is 51.2 Å². The van der Waals surface area contributed by atoms with Crippen molar-refractivity contribution >= 4 is 11.8 Å². The number of carbonyl (C=O) groups is 2. The van der Waals surface area contributed by atoms with Crippen molar-refractivity contribution < 1.29 is 32.6 Å². The summed E-state index contributed by atoms with van der Waals surface area (Å²) in [5, 5.41) is 17.5. The SMILES string of the molecule is CC(=O)N[C@@H]1CCN(C2CCN(C(=O)c3c(C)nn(-c4cccc(OC(F)(F)F)c4)c3C3CC3)CC2)[C@@H]1CO. The van der Waals surface area contributed by atoms with Crippen LogP contribution in [0.1, 0.15) is 66.7 Å². The van der Waals surface area contributed by atoms with Gasteiger partial charge in [0.05, 0.1) is 35.3 Å². The van der Waals surface area contributed by atoms with E-state index in [1.165, 1.54) is 25.1 Å². The number of halogens is 3. The standard InChI is InChI=1S/C27H34F3N5O4/c1-16-24(25(18-6-7-18)35(32-16)20-4-3-5-21(14-20)39-27(28,29)30)26(38)33-11-8-19(9-12-33)34-13-10-22(23(34)15-36)31-17(2)37/h3-5,14,18-19,22-23,36H,6-13,15H2,1-2H3,(H,31,37)/t22-,23-/m1/s1. The first-order valence-electron chi connectivity index (χ1n) is 13.4. The highest BCUT2D eigenvalue weighted by molar-refractivity contribution is 5.97. The maximum Gasteiger partial charge on any atom is 0.573 e. The van der Waals surface area contributed by atoms with Gasteiger partial charge in [0, 0.05) is 50.6 Å². The van der Waals surface area contributed by atoms with Gasteiger partial charge in [0.25, 0.3) is 5.91 Å². The molecule has 3 aliphatic rings.